The van der Waals surface area contributed by atoms with E-state index in [9.17, 15) is 24.3 Å². The van der Waals surface area contributed by atoms with Crippen molar-refractivity contribution in [1.29, 1.82) is 0 Å². The lowest BCUT2D eigenvalue weighted by molar-refractivity contribution is -0.144. The summed E-state index contributed by atoms with van der Waals surface area (Å²) in [5.74, 6) is -1.96. The number of carbonyl (C=O) groups excluding carboxylic acids is 3. The van der Waals surface area contributed by atoms with E-state index in [0.29, 0.717) is 25.3 Å². The number of benzene rings is 2. The monoisotopic (exact) mass is 523 g/mol. The molecule has 0 radical (unpaired) electrons. The smallest absolute Gasteiger partial charge is 0.326 e. The Bertz CT molecular complexity index is 1110. The maximum absolute atomic E-state index is 13.4. The number of amides is 3. The number of carboxylic acids is 1. The normalized spacial score (nSPS) is 20.8. The molecule has 2 aromatic carbocycles. The highest BCUT2D eigenvalue weighted by Gasteiger charge is 2.31. The average Bonchev–Trinajstić information content (AvgIpc) is 2.92. The van der Waals surface area contributed by atoms with E-state index in [1.807, 2.05) is 30.3 Å². The minimum Gasteiger partial charge on any atom is -0.493 e. The zero-order chi connectivity index (χ0) is 27.5. The molecule has 0 fully saturated rings. The van der Waals surface area contributed by atoms with E-state index in [1.165, 1.54) is 4.90 Å². The summed E-state index contributed by atoms with van der Waals surface area (Å²) >= 11 is 0. The largest absolute Gasteiger partial charge is 0.493 e. The number of para-hydroxylation sites is 1. The molecule has 1 aliphatic heterocycles. The Morgan fingerprint density at radius 2 is 1.66 bits per heavy atom. The molecule has 2 N–H and O–H groups in total. The van der Waals surface area contributed by atoms with Crippen molar-refractivity contribution in [3.05, 3.63) is 65.7 Å². The zero-order valence-electron chi connectivity index (χ0n) is 22.1. The Morgan fingerprint density at radius 3 is 2.39 bits per heavy atom. The van der Waals surface area contributed by atoms with Crippen LogP contribution in [0, 0.1) is 0 Å². The summed E-state index contributed by atoms with van der Waals surface area (Å²) in [5, 5.41) is 12.3. The highest BCUT2D eigenvalue weighted by molar-refractivity contribution is 5.99. The molecule has 2 atom stereocenters. The van der Waals surface area contributed by atoms with Crippen LogP contribution < -0.4 is 10.1 Å². The van der Waals surface area contributed by atoms with Gasteiger partial charge in [0, 0.05) is 33.5 Å². The van der Waals surface area contributed by atoms with Crippen molar-refractivity contribution in [2.75, 3.05) is 27.2 Å². The van der Waals surface area contributed by atoms with Crippen LogP contribution in [0.25, 0.3) is 0 Å². The number of aliphatic carboxylic acids is 1. The van der Waals surface area contributed by atoms with Gasteiger partial charge < -0.3 is 25.0 Å². The molecule has 0 bridgehead atoms. The van der Waals surface area contributed by atoms with E-state index in [1.54, 1.807) is 43.3 Å². The van der Waals surface area contributed by atoms with Crippen molar-refractivity contribution in [1.82, 2.24) is 15.1 Å². The third-order valence-electron chi connectivity index (χ3n) is 6.82. The number of fused-ring (bicyclic) bond motifs is 1. The number of hydrogen-bond acceptors (Lipinski definition) is 5. The summed E-state index contributed by atoms with van der Waals surface area (Å²) in [5.41, 5.74) is 1.17. The van der Waals surface area contributed by atoms with E-state index in [0.717, 1.165) is 31.2 Å². The molecule has 0 aliphatic carbocycles. The number of hydrogen-bond donors (Lipinski definition) is 2. The van der Waals surface area contributed by atoms with Gasteiger partial charge in [-0.3, -0.25) is 14.4 Å². The minimum atomic E-state index is -1.28. The Hall–Kier alpha value is -3.88. The van der Waals surface area contributed by atoms with Crippen molar-refractivity contribution >= 4 is 23.7 Å². The topological polar surface area (TPSA) is 116 Å². The van der Waals surface area contributed by atoms with E-state index in [-0.39, 0.29) is 30.2 Å². The van der Waals surface area contributed by atoms with E-state index < -0.39 is 24.0 Å². The van der Waals surface area contributed by atoms with E-state index in [4.69, 9.17) is 4.74 Å². The molecule has 2 aromatic rings. The molecule has 0 saturated carbocycles. The molecule has 38 heavy (non-hydrogen) atoms. The number of nitrogens with one attached hydrogen (secondary N) is 1. The molecular weight excluding hydrogens is 486 g/mol. The molecule has 0 unspecified atom stereocenters. The van der Waals surface area contributed by atoms with Crippen LogP contribution in [0.5, 0.6) is 5.75 Å². The van der Waals surface area contributed by atoms with Crippen LogP contribution in [0.4, 0.5) is 0 Å². The van der Waals surface area contributed by atoms with Gasteiger partial charge in [-0.15, -0.1) is 0 Å². The first-order valence-electron chi connectivity index (χ1n) is 13.1. The minimum absolute atomic E-state index is 0.116. The van der Waals surface area contributed by atoms with Gasteiger partial charge in [0.15, 0.2) is 0 Å². The van der Waals surface area contributed by atoms with Crippen molar-refractivity contribution in [2.24, 2.45) is 0 Å². The summed E-state index contributed by atoms with van der Waals surface area (Å²) < 4.78 is 5.83. The van der Waals surface area contributed by atoms with Crippen LogP contribution in [-0.4, -0.2) is 77.9 Å². The maximum Gasteiger partial charge on any atom is 0.326 e. The van der Waals surface area contributed by atoms with Crippen molar-refractivity contribution in [2.45, 2.75) is 57.0 Å². The molecular formula is C29H37N3O6. The van der Waals surface area contributed by atoms with Crippen LogP contribution >= 0.6 is 0 Å². The molecule has 3 amide bonds. The Morgan fingerprint density at radius 1 is 0.974 bits per heavy atom. The second-order valence-corrected chi connectivity index (χ2v) is 9.63. The van der Waals surface area contributed by atoms with Gasteiger partial charge in [-0.25, -0.2) is 4.79 Å². The molecule has 9 heteroatoms. The number of carbonyl (C=O) groups is 4. The van der Waals surface area contributed by atoms with Gasteiger partial charge >= 0.3 is 5.97 Å². The van der Waals surface area contributed by atoms with Crippen LogP contribution in [0.15, 0.2) is 54.6 Å². The number of ether oxygens (including phenoxy) is 1. The lowest BCUT2D eigenvalue weighted by Gasteiger charge is -2.31. The molecule has 0 saturated heterocycles. The predicted octanol–water partition coefficient (Wildman–Crippen LogP) is 3.13. The molecule has 204 valence electrons. The second kappa shape index (κ2) is 14.2. The number of likely N-dealkylation sites (N-methyl/N-ethyl adjacent to an activating group) is 2. The molecule has 1 heterocycles. The highest BCUT2D eigenvalue weighted by Crippen LogP contribution is 2.20. The van der Waals surface area contributed by atoms with Gasteiger partial charge in [0.1, 0.15) is 17.8 Å². The number of nitrogens with zero attached hydrogens (tertiary/aromatic N) is 2. The summed E-state index contributed by atoms with van der Waals surface area (Å²) in [6.07, 6.45) is 3.48. The first kappa shape index (κ1) is 28.7. The maximum atomic E-state index is 13.4. The quantitative estimate of drug-likeness (QED) is 0.639. The molecule has 3 rings (SSSR count). The lowest BCUT2D eigenvalue weighted by Crippen LogP contribution is -2.50. The summed E-state index contributed by atoms with van der Waals surface area (Å²) in [7, 11) is 3.32. The average molecular weight is 524 g/mol. The first-order chi connectivity index (χ1) is 18.3. The summed E-state index contributed by atoms with van der Waals surface area (Å²) in [4.78, 5) is 54.6. The van der Waals surface area contributed by atoms with E-state index >= 15 is 0 Å². The lowest BCUT2D eigenvalue weighted by atomic mass is 10.0. The summed E-state index contributed by atoms with van der Waals surface area (Å²) in [6, 6.07) is 14.2. The van der Waals surface area contributed by atoms with Crippen LogP contribution in [0.2, 0.25) is 0 Å². The standard InChI is InChI=1S/C29H37N3O6/c1-31-18-10-3-4-11-19-38-25-15-9-8-14-22(25)27(34)30-23(29(36)37)16-17-26(33)32(2)24(28(31)35)20-21-12-6-5-7-13-21/h5-9,12-15,23-24H,3-4,10-11,16-20H2,1-2H3,(H,30,34)(H,36,37)/t23-,24-/m0/s1. The third-order valence-corrected chi connectivity index (χ3v) is 6.82. The first-order valence-corrected chi connectivity index (χ1v) is 13.1. The van der Waals surface area contributed by atoms with Gasteiger partial charge in [0.05, 0.1) is 12.2 Å². The predicted molar refractivity (Wildman–Crippen MR) is 143 cm³/mol. The van der Waals surface area contributed by atoms with E-state index in [2.05, 4.69) is 5.32 Å². The fourth-order valence-electron chi connectivity index (χ4n) is 4.47. The van der Waals surface area contributed by atoms with Gasteiger partial charge in [0.2, 0.25) is 11.8 Å². The molecule has 0 spiro atoms. The van der Waals surface area contributed by atoms with Crippen LogP contribution in [-0.2, 0) is 20.8 Å². The zero-order valence-corrected chi connectivity index (χ0v) is 22.1. The molecule has 0 aromatic heterocycles. The Kier molecular flexibility index (Phi) is 10.7. The summed E-state index contributed by atoms with van der Waals surface area (Å²) in [6.45, 7) is 0.981. The number of rotatable bonds is 3. The second-order valence-electron chi connectivity index (χ2n) is 9.63. The van der Waals surface area contributed by atoms with Gasteiger partial charge in [-0.1, -0.05) is 55.3 Å². The van der Waals surface area contributed by atoms with Crippen molar-refractivity contribution < 1.29 is 29.0 Å². The fourth-order valence-corrected chi connectivity index (χ4v) is 4.47. The van der Waals surface area contributed by atoms with Gasteiger partial charge in [0.25, 0.3) is 5.91 Å². The van der Waals surface area contributed by atoms with Crippen molar-refractivity contribution in [3.8, 4) is 5.75 Å². The SMILES string of the molecule is CN1CCCCCCOc2ccccc2C(=O)N[C@H](C(=O)O)CCC(=O)N(C)[C@@H](Cc2ccccc2)C1=O. The molecule has 9 nitrogen and oxygen atoms in total. The third kappa shape index (κ3) is 8.06. The number of carboxylic acid groups (broad SMARTS) is 1. The highest BCUT2D eigenvalue weighted by atomic mass is 16.5. The van der Waals surface area contributed by atoms with Gasteiger partial charge in [-0.05, 0) is 37.0 Å². The molecule has 1 aliphatic rings. The van der Waals surface area contributed by atoms with Crippen LogP contribution in [0.3, 0.4) is 0 Å². The van der Waals surface area contributed by atoms with Crippen LogP contribution in [0.1, 0.15) is 54.4 Å². The Balaban J connectivity index is 1.83. The van der Waals surface area contributed by atoms with Gasteiger partial charge in [-0.2, -0.15) is 0 Å². The van der Waals surface area contributed by atoms with Crippen molar-refractivity contribution in [3.63, 3.8) is 0 Å². The Labute approximate surface area is 223 Å². The fraction of sp³-hybridized carbons (Fsp3) is 0.448.